The van der Waals surface area contributed by atoms with Crippen molar-refractivity contribution in [1.82, 2.24) is 9.88 Å². The molecular weight excluding hydrogens is 396 g/mol. The van der Waals surface area contributed by atoms with E-state index in [1.807, 2.05) is 18.5 Å². The van der Waals surface area contributed by atoms with Crippen molar-refractivity contribution in [3.05, 3.63) is 30.1 Å². The number of likely N-dealkylation sites (tertiary alicyclic amines) is 1. The SMILES string of the molecule is CC(C)CCCCCCCCCCCCCCC(=O)O.CN1CCCC1c1cccnc1. The van der Waals surface area contributed by atoms with E-state index in [1.165, 1.54) is 95.6 Å². The van der Waals surface area contributed by atoms with Gasteiger partial charge in [0.15, 0.2) is 0 Å². The van der Waals surface area contributed by atoms with Gasteiger partial charge in [0.25, 0.3) is 0 Å². The summed E-state index contributed by atoms with van der Waals surface area (Å²) >= 11 is 0. The number of hydrogen-bond donors (Lipinski definition) is 1. The molecule has 0 aliphatic carbocycles. The quantitative estimate of drug-likeness (QED) is 0.261. The van der Waals surface area contributed by atoms with Crippen molar-refractivity contribution in [2.45, 2.75) is 123 Å². The lowest BCUT2D eigenvalue weighted by atomic mass is 10.0. The van der Waals surface area contributed by atoms with Crippen LogP contribution in [0.15, 0.2) is 24.5 Å². The minimum absolute atomic E-state index is 0.344. The van der Waals surface area contributed by atoms with Crippen molar-refractivity contribution >= 4 is 5.97 Å². The highest BCUT2D eigenvalue weighted by Crippen LogP contribution is 2.29. The van der Waals surface area contributed by atoms with Gasteiger partial charge in [-0.2, -0.15) is 0 Å². The third kappa shape index (κ3) is 15.4. The first-order valence-corrected chi connectivity index (χ1v) is 13.3. The van der Waals surface area contributed by atoms with Crippen LogP contribution in [0.25, 0.3) is 0 Å². The molecular formula is C28H50N2O2. The molecule has 0 radical (unpaired) electrons. The summed E-state index contributed by atoms with van der Waals surface area (Å²) in [5.41, 5.74) is 1.36. The van der Waals surface area contributed by atoms with Gasteiger partial charge >= 0.3 is 5.97 Å². The lowest BCUT2D eigenvalue weighted by Gasteiger charge is -2.18. The maximum Gasteiger partial charge on any atom is 0.303 e. The summed E-state index contributed by atoms with van der Waals surface area (Å²) in [6.07, 6.45) is 23.7. The molecule has 0 saturated carbocycles. The van der Waals surface area contributed by atoms with Gasteiger partial charge in [0.1, 0.15) is 0 Å². The van der Waals surface area contributed by atoms with Gasteiger partial charge in [-0.15, -0.1) is 0 Å². The summed E-state index contributed by atoms with van der Waals surface area (Å²) in [6.45, 7) is 5.84. The number of rotatable bonds is 16. The fourth-order valence-corrected chi connectivity index (χ4v) is 4.50. The fraction of sp³-hybridized carbons (Fsp3) is 0.786. The van der Waals surface area contributed by atoms with Gasteiger partial charge in [-0.1, -0.05) is 97.0 Å². The highest BCUT2D eigenvalue weighted by molar-refractivity contribution is 5.66. The molecule has 1 unspecified atom stereocenters. The molecule has 32 heavy (non-hydrogen) atoms. The van der Waals surface area contributed by atoms with Crippen LogP contribution in [0.1, 0.15) is 128 Å². The van der Waals surface area contributed by atoms with E-state index >= 15 is 0 Å². The Balaban J connectivity index is 0.000000357. The Kier molecular flexibility index (Phi) is 17.1. The van der Waals surface area contributed by atoms with Gasteiger partial charge in [-0.05, 0) is 50.4 Å². The number of unbranched alkanes of at least 4 members (excludes halogenated alkanes) is 11. The van der Waals surface area contributed by atoms with Gasteiger partial charge in [-0.25, -0.2) is 0 Å². The molecule has 1 atom stereocenters. The van der Waals surface area contributed by atoms with Gasteiger partial charge in [0.05, 0.1) is 0 Å². The Labute approximate surface area is 198 Å². The Bertz CT molecular complexity index is 562. The summed E-state index contributed by atoms with van der Waals surface area (Å²) in [4.78, 5) is 16.9. The molecule has 184 valence electrons. The average molecular weight is 447 g/mol. The van der Waals surface area contributed by atoms with Crippen molar-refractivity contribution in [1.29, 1.82) is 0 Å². The first-order chi connectivity index (χ1) is 15.5. The molecule has 1 aromatic heterocycles. The van der Waals surface area contributed by atoms with Crippen molar-refractivity contribution in [3.63, 3.8) is 0 Å². The van der Waals surface area contributed by atoms with E-state index in [2.05, 4.69) is 36.8 Å². The zero-order chi connectivity index (χ0) is 23.4. The van der Waals surface area contributed by atoms with E-state index in [1.54, 1.807) is 0 Å². The minimum atomic E-state index is -0.654. The Hall–Kier alpha value is -1.42. The maximum atomic E-state index is 10.3. The number of carbonyl (C=O) groups is 1. The minimum Gasteiger partial charge on any atom is -0.481 e. The van der Waals surface area contributed by atoms with Gasteiger partial charge in [0, 0.05) is 24.9 Å². The van der Waals surface area contributed by atoms with Crippen LogP contribution >= 0.6 is 0 Å². The zero-order valence-electron chi connectivity index (χ0n) is 21.2. The third-order valence-corrected chi connectivity index (χ3v) is 6.51. The van der Waals surface area contributed by atoms with Crippen LogP contribution in [0.3, 0.4) is 0 Å². The molecule has 2 rings (SSSR count). The van der Waals surface area contributed by atoms with Crippen LogP contribution in [-0.2, 0) is 4.79 Å². The van der Waals surface area contributed by atoms with Gasteiger partial charge < -0.3 is 5.11 Å². The number of carboxylic acids is 1. The van der Waals surface area contributed by atoms with Gasteiger partial charge in [0.2, 0.25) is 0 Å². The molecule has 1 fully saturated rings. The number of pyridine rings is 1. The number of nitrogens with zero attached hydrogens (tertiary/aromatic N) is 2. The number of hydrogen-bond acceptors (Lipinski definition) is 3. The summed E-state index contributed by atoms with van der Waals surface area (Å²) in [7, 11) is 2.19. The van der Waals surface area contributed by atoms with E-state index in [4.69, 9.17) is 5.11 Å². The summed E-state index contributed by atoms with van der Waals surface area (Å²) in [5.74, 6) is 0.212. The Morgan fingerprint density at radius 3 is 2.00 bits per heavy atom. The second-order valence-corrected chi connectivity index (χ2v) is 9.99. The standard InChI is InChI=1S/C18H36O2.C10H14N2/c1-17(2)15-13-11-9-7-5-3-4-6-8-10-12-14-16-18(19)20;1-12-7-3-5-10(12)9-4-2-6-11-8-9/h17H,3-16H2,1-2H3,(H,19,20);2,4,6,8,10H,3,5,7H2,1H3. The fourth-order valence-electron chi connectivity index (χ4n) is 4.50. The van der Waals surface area contributed by atoms with Crippen LogP contribution in [0.2, 0.25) is 0 Å². The molecule has 4 nitrogen and oxygen atoms in total. The largest absolute Gasteiger partial charge is 0.481 e. The van der Waals surface area contributed by atoms with Gasteiger partial charge in [-0.3, -0.25) is 14.7 Å². The van der Waals surface area contributed by atoms with Crippen molar-refractivity contribution in [3.8, 4) is 0 Å². The normalized spacial score (nSPS) is 16.2. The second kappa shape index (κ2) is 19.1. The Morgan fingerprint density at radius 1 is 1.00 bits per heavy atom. The zero-order valence-corrected chi connectivity index (χ0v) is 21.2. The molecule has 1 aromatic rings. The van der Waals surface area contributed by atoms with Crippen molar-refractivity contribution in [2.24, 2.45) is 5.92 Å². The predicted molar refractivity (Wildman–Crippen MR) is 136 cm³/mol. The highest BCUT2D eigenvalue weighted by atomic mass is 16.4. The monoisotopic (exact) mass is 446 g/mol. The molecule has 0 aromatic carbocycles. The lowest BCUT2D eigenvalue weighted by molar-refractivity contribution is -0.137. The number of carboxylic acid groups (broad SMARTS) is 1. The number of aliphatic carboxylic acids is 1. The number of aromatic nitrogens is 1. The van der Waals surface area contributed by atoms with Crippen molar-refractivity contribution in [2.75, 3.05) is 13.6 Å². The van der Waals surface area contributed by atoms with E-state index in [0.717, 1.165) is 18.8 Å². The molecule has 1 aliphatic heterocycles. The molecule has 0 spiro atoms. The molecule has 1 aliphatic rings. The molecule has 1 N–H and O–H groups in total. The smallest absolute Gasteiger partial charge is 0.303 e. The second-order valence-electron chi connectivity index (χ2n) is 9.99. The van der Waals surface area contributed by atoms with E-state index in [0.29, 0.717) is 12.5 Å². The maximum absolute atomic E-state index is 10.3. The molecule has 0 bridgehead atoms. The molecule has 4 heteroatoms. The predicted octanol–water partition coefficient (Wildman–Crippen LogP) is 8.04. The first-order valence-electron chi connectivity index (χ1n) is 13.3. The molecule has 0 amide bonds. The van der Waals surface area contributed by atoms with E-state index < -0.39 is 5.97 Å². The van der Waals surface area contributed by atoms with Crippen LogP contribution in [0.4, 0.5) is 0 Å². The summed E-state index contributed by atoms with van der Waals surface area (Å²) in [6, 6.07) is 4.79. The molecule has 1 saturated heterocycles. The lowest BCUT2D eigenvalue weighted by Crippen LogP contribution is -2.17. The summed E-state index contributed by atoms with van der Waals surface area (Å²) < 4.78 is 0. The highest BCUT2D eigenvalue weighted by Gasteiger charge is 2.21. The van der Waals surface area contributed by atoms with Crippen LogP contribution in [-0.4, -0.2) is 34.6 Å². The van der Waals surface area contributed by atoms with E-state index in [9.17, 15) is 4.79 Å². The van der Waals surface area contributed by atoms with Crippen LogP contribution in [0.5, 0.6) is 0 Å². The van der Waals surface area contributed by atoms with E-state index in [-0.39, 0.29) is 0 Å². The van der Waals surface area contributed by atoms with Crippen LogP contribution < -0.4 is 0 Å². The Morgan fingerprint density at radius 2 is 1.56 bits per heavy atom. The van der Waals surface area contributed by atoms with Crippen LogP contribution in [0, 0.1) is 5.92 Å². The summed E-state index contributed by atoms with van der Waals surface area (Å²) in [5, 5.41) is 8.52. The average Bonchev–Trinajstić information content (AvgIpc) is 3.20. The third-order valence-electron chi connectivity index (χ3n) is 6.51. The van der Waals surface area contributed by atoms with Crippen molar-refractivity contribution < 1.29 is 9.90 Å². The molecule has 2 heterocycles. The topological polar surface area (TPSA) is 53.4 Å². The first kappa shape index (κ1) is 28.6.